The molecule has 0 heterocycles. The monoisotopic (exact) mass is 360 g/mol. The lowest BCUT2D eigenvalue weighted by molar-refractivity contribution is -0.150. The molecule has 0 aromatic heterocycles. The van der Waals surface area contributed by atoms with E-state index in [1.807, 2.05) is 13.0 Å². The van der Waals surface area contributed by atoms with Crippen molar-refractivity contribution in [2.24, 2.45) is 5.92 Å². The van der Waals surface area contributed by atoms with Gasteiger partial charge >= 0.3 is 5.97 Å². The van der Waals surface area contributed by atoms with Crippen molar-refractivity contribution >= 4 is 17.8 Å². The maximum atomic E-state index is 12.2. The van der Waals surface area contributed by atoms with Crippen molar-refractivity contribution in [3.05, 3.63) is 35.4 Å². The molecule has 0 saturated heterocycles. The van der Waals surface area contributed by atoms with Gasteiger partial charge in [-0.05, 0) is 44.7 Å². The predicted octanol–water partition coefficient (Wildman–Crippen LogP) is 2.35. The van der Waals surface area contributed by atoms with Gasteiger partial charge in [0, 0.05) is 11.6 Å². The number of aryl methyl sites for hydroxylation is 1. The summed E-state index contributed by atoms with van der Waals surface area (Å²) in [5.41, 5.74) is 1.44. The van der Waals surface area contributed by atoms with Crippen LogP contribution in [0.15, 0.2) is 24.3 Å². The Kier molecular flexibility index (Phi) is 7.18. The molecule has 6 nitrogen and oxygen atoms in total. The number of amides is 2. The molecule has 2 rings (SSSR count). The van der Waals surface area contributed by atoms with Gasteiger partial charge in [-0.15, -0.1) is 0 Å². The van der Waals surface area contributed by atoms with E-state index in [0.717, 1.165) is 24.8 Å². The molecule has 2 amide bonds. The van der Waals surface area contributed by atoms with Crippen LogP contribution in [0.5, 0.6) is 0 Å². The number of hydrogen-bond donors (Lipinski definition) is 2. The predicted molar refractivity (Wildman–Crippen MR) is 98.6 cm³/mol. The third-order valence-corrected chi connectivity index (χ3v) is 4.78. The van der Waals surface area contributed by atoms with E-state index in [2.05, 4.69) is 17.6 Å². The number of benzene rings is 1. The van der Waals surface area contributed by atoms with Crippen LogP contribution in [-0.4, -0.2) is 36.5 Å². The highest BCUT2D eigenvalue weighted by Crippen LogP contribution is 2.23. The summed E-state index contributed by atoms with van der Waals surface area (Å²) in [5.74, 6) is -0.832. The van der Waals surface area contributed by atoms with Gasteiger partial charge in [-0.1, -0.05) is 37.5 Å². The summed E-state index contributed by atoms with van der Waals surface area (Å²) in [7, 11) is 0. The molecular formula is C20H28N2O4. The van der Waals surface area contributed by atoms with E-state index in [9.17, 15) is 14.4 Å². The zero-order valence-corrected chi connectivity index (χ0v) is 15.7. The van der Waals surface area contributed by atoms with Gasteiger partial charge in [-0.2, -0.15) is 0 Å². The number of nitrogens with one attached hydrogen (secondary N) is 2. The van der Waals surface area contributed by atoms with Gasteiger partial charge in [0.25, 0.3) is 11.8 Å². The van der Waals surface area contributed by atoms with Crippen molar-refractivity contribution < 1.29 is 19.1 Å². The maximum Gasteiger partial charge on any atom is 0.328 e. The summed E-state index contributed by atoms with van der Waals surface area (Å²) in [6, 6.07) is 6.41. The van der Waals surface area contributed by atoms with Crippen molar-refractivity contribution in [3.63, 3.8) is 0 Å². The first-order chi connectivity index (χ1) is 12.4. The summed E-state index contributed by atoms with van der Waals surface area (Å²) in [4.78, 5) is 36.2. The van der Waals surface area contributed by atoms with Crippen molar-refractivity contribution in [2.75, 3.05) is 6.61 Å². The molecule has 0 bridgehead atoms. The molecule has 0 radical (unpaired) electrons. The number of ether oxygens (including phenoxy) is 1. The summed E-state index contributed by atoms with van der Waals surface area (Å²) in [6.45, 7) is 5.23. The van der Waals surface area contributed by atoms with Crippen LogP contribution in [0.25, 0.3) is 0 Å². The smallest absolute Gasteiger partial charge is 0.328 e. The SMILES string of the molecule is Cc1cccc(C(=O)N[C@@H](C)C(=O)OCC(=O)N[C@@H]2CCCC[C@@H]2C)c1. The minimum Gasteiger partial charge on any atom is -0.454 e. The van der Waals surface area contributed by atoms with Gasteiger partial charge in [0.15, 0.2) is 6.61 Å². The molecule has 0 aliphatic heterocycles. The standard InChI is InChI=1S/C20H28N2O4/c1-13-7-6-9-16(11-13)19(24)21-15(3)20(25)26-12-18(23)22-17-10-5-4-8-14(17)2/h6-7,9,11,14-15,17H,4-5,8,10,12H2,1-3H3,(H,21,24)(H,22,23)/t14-,15-,17+/m0/s1. The fourth-order valence-electron chi connectivity index (χ4n) is 3.17. The van der Waals surface area contributed by atoms with Crippen LogP contribution in [-0.2, 0) is 14.3 Å². The van der Waals surface area contributed by atoms with E-state index in [-0.39, 0.29) is 24.5 Å². The first-order valence-corrected chi connectivity index (χ1v) is 9.20. The Labute approximate surface area is 154 Å². The fraction of sp³-hybridized carbons (Fsp3) is 0.550. The number of hydrogen-bond acceptors (Lipinski definition) is 4. The number of esters is 1. The van der Waals surface area contributed by atoms with E-state index in [4.69, 9.17) is 4.74 Å². The van der Waals surface area contributed by atoms with Crippen LogP contribution >= 0.6 is 0 Å². The van der Waals surface area contributed by atoms with Crippen molar-refractivity contribution in [1.82, 2.24) is 10.6 Å². The Morgan fingerprint density at radius 3 is 2.65 bits per heavy atom. The Balaban J connectivity index is 1.76. The lowest BCUT2D eigenvalue weighted by Crippen LogP contribution is -2.44. The average Bonchev–Trinajstić information content (AvgIpc) is 2.61. The third kappa shape index (κ3) is 5.86. The minimum atomic E-state index is -0.829. The van der Waals surface area contributed by atoms with Gasteiger partial charge in [0.05, 0.1) is 0 Å². The fourth-order valence-corrected chi connectivity index (χ4v) is 3.17. The molecule has 1 fully saturated rings. The van der Waals surface area contributed by atoms with Crippen molar-refractivity contribution in [1.29, 1.82) is 0 Å². The highest BCUT2D eigenvalue weighted by molar-refractivity contribution is 5.97. The van der Waals surface area contributed by atoms with Gasteiger partial charge in [-0.25, -0.2) is 4.79 Å². The molecule has 0 unspecified atom stereocenters. The van der Waals surface area contributed by atoms with Gasteiger partial charge < -0.3 is 15.4 Å². The van der Waals surface area contributed by atoms with E-state index in [1.54, 1.807) is 18.2 Å². The van der Waals surface area contributed by atoms with E-state index in [1.165, 1.54) is 13.3 Å². The van der Waals surface area contributed by atoms with E-state index in [0.29, 0.717) is 11.5 Å². The van der Waals surface area contributed by atoms with Crippen LogP contribution in [0.4, 0.5) is 0 Å². The normalized spacial score (nSPS) is 20.7. The zero-order chi connectivity index (χ0) is 19.1. The maximum absolute atomic E-state index is 12.2. The molecular weight excluding hydrogens is 332 g/mol. The summed E-state index contributed by atoms with van der Waals surface area (Å²) >= 11 is 0. The summed E-state index contributed by atoms with van der Waals surface area (Å²) < 4.78 is 5.04. The summed E-state index contributed by atoms with van der Waals surface area (Å²) in [6.07, 6.45) is 4.37. The molecule has 1 aromatic rings. The van der Waals surface area contributed by atoms with Gasteiger partial charge in [0.1, 0.15) is 6.04 Å². The Bertz CT molecular complexity index is 659. The topological polar surface area (TPSA) is 84.5 Å². The van der Waals surface area contributed by atoms with E-state index >= 15 is 0 Å². The molecule has 1 aliphatic rings. The van der Waals surface area contributed by atoms with Crippen LogP contribution in [0.1, 0.15) is 55.5 Å². The molecule has 1 saturated carbocycles. The molecule has 3 atom stereocenters. The first-order valence-electron chi connectivity index (χ1n) is 9.20. The van der Waals surface area contributed by atoms with Crippen LogP contribution in [0.3, 0.4) is 0 Å². The zero-order valence-electron chi connectivity index (χ0n) is 15.7. The lowest BCUT2D eigenvalue weighted by Gasteiger charge is -2.29. The minimum absolute atomic E-state index is 0.147. The Hall–Kier alpha value is -2.37. The second kappa shape index (κ2) is 9.36. The first kappa shape index (κ1) is 19.9. The van der Waals surface area contributed by atoms with Crippen LogP contribution in [0, 0.1) is 12.8 Å². The largest absolute Gasteiger partial charge is 0.454 e. The lowest BCUT2D eigenvalue weighted by atomic mass is 9.86. The molecule has 2 N–H and O–H groups in total. The Morgan fingerprint density at radius 2 is 1.96 bits per heavy atom. The Morgan fingerprint density at radius 1 is 1.23 bits per heavy atom. The number of carbonyl (C=O) groups is 3. The van der Waals surface area contributed by atoms with Crippen molar-refractivity contribution in [3.8, 4) is 0 Å². The molecule has 1 aromatic carbocycles. The number of carbonyl (C=O) groups excluding carboxylic acids is 3. The molecule has 0 spiro atoms. The summed E-state index contributed by atoms with van der Waals surface area (Å²) in [5, 5.41) is 5.52. The van der Waals surface area contributed by atoms with Crippen LogP contribution in [0.2, 0.25) is 0 Å². The van der Waals surface area contributed by atoms with Crippen molar-refractivity contribution in [2.45, 2.75) is 58.5 Å². The second-order valence-electron chi connectivity index (χ2n) is 7.11. The van der Waals surface area contributed by atoms with Gasteiger partial charge in [0.2, 0.25) is 0 Å². The highest BCUT2D eigenvalue weighted by Gasteiger charge is 2.24. The molecule has 1 aliphatic carbocycles. The average molecular weight is 360 g/mol. The second-order valence-corrected chi connectivity index (χ2v) is 7.11. The highest BCUT2D eigenvalue weighted by atomic mass is 16.5. The van der Waals surface area contributed by atoms with Crippen LogP contribution < -0.4 is 10.6 Å². The van der Waals surface area contributed by atoms with E-state index < -0.39 is 12.0 Å². The number of rotatable bonds is 6. The third-order valence-electron chi connectivity index (χ3n) is 4.78. The van der Waals surface area contributed by atoms with Gasteiger partial charge in [-0.3, -0.25) is 9.59 Å². The quantitative estimate of drug-likeness (QED) is 0.763. The molecule has 6 heteroatoms. The molecule has 142 valence electrons. The molecule has 26 heavy (non-hydrogen) atoms.